The van der Waals surface area contributed by atoms with Crippen molar-refractivity contribution in [2.75, 3.05) is 0 Å². The number of amides is 1. The van der Waals surface area contributed by atoms with Crippen LogP contribution in [-0.2, 0) is 4.79 Å². The number of nitrogens with one attached hydrogen (secondary N) is 1. The highest BCUT2D eigenvalue weighted by Gasteiger charge is 2.21. The minimum absolute atomic E-state index is 0.0981. The molecule has 1 aromatic rings. The molecule has 1 rings (SSSR count). The smallest absolute Gasteiger partial charge is 0.303 e. The Kier molecular flexibility index (Phi) is 5.45. The lowest BCUT2D eigenvalue weighted by atomic mass is 10.1. The second-order valence-electron chi connectivity index (χ2n) is 4.23. The van der Waals surface area contributed by atoms with Gasteiger partial charge in [0.05, 0.1) is 4.92 Å². The Morgan fingerprint density at radius 2 is 2.15 bits per heavy atom. The van der Waals surface area contributed by atoms with Crippen LogP contribution in [0.3, 0.4) is 0 Å². The molecule has 20 heavy (non-hydrogen) atoms. The summed E-state index contributed by atoms with van der Waals surface area (Å²) in [7, 11) is 0. The van der Waals surface area contributed by atoms with E-state index in [4.69, 9.17) is 16.7 Å². The number of nitrogens with zero attached hydrogens (tertiary/aromatic N) is 1. The van der Waals surface area contributed by atoms with Crippen molar-refractivity contribution in [3.63, 3.8) is 0 Å². The highest BCUT2D eigenvalue weighted by Crippen LogP contribution is 2.22. The van der Waals surface area contributed by atoms with E-state index in [0.717, 1.165) is 6.07 Å². The van der Waals surface area contributed by atoms with Crippen molar-refractivity contribution < 1.29 is 19.6 Å². The van der Waals surface area contributed by atoms with Crippen molar-refractivity contribution in [3.05, 3.63) is 38.9 Å². The Hall–Kier alpha value is -2.15. The van der Waals surface area contributed by atoms with Crippen LogP contribution in [0.25, 0.3) is 0 Å². The molecule has 1 atom stereocenters. The molecule has 1 unspecified atom stereocenters. The Morgan fingerprint density at radius 3 is 2.70 bits per heavy atom. The first-order valence-electron chi connectivity index (χ1n) is 5.78. The number of rotatable bonds is 6. The molecule has 7 nitrogen and oxygen atoms in total. The van der Waals surface area contributed by atoms with Crippen LogP contribution >= 0.6 is 11.6 Å². The molecule has 0 aliphatic carbocycles. The van der Waals surface area contributed by atoms with Crippen LogP contribution in [-0.4, -0.2) is 27.9 Å². The van der Waals surface area contributed by atoms with Crippen LogP contribution < -0.4 is 5.32 Å². The van der Waals surface area contributed by atoms with E-state index < -0.39 is 22.8 Å². The van der Waals surface area contributed by atoms with Crippen molar-refractivity contribution in [1.82, 2.24) is 5.32 Å². The number of nitro groups is 1. The summed E-state index contributed by atoms with van der Waals surface area (Å²) in [4.78, 5) is 32.6. The molecule has 0 fully saturated rings. The maximum Gasteiger partial charge on any atom is 0.303 e. The van der Waals surface area contributed by atoms with E-state index in [1.54, 1.807) is 6.92 Å². The van der Waals surface area contributed by atoms with Crippen molar-refractivity contribution in [2.24, 2.45) is 0 Å². The molecule has 0 heterocycles. The van der Waals surface area contributed by atoms with Crippen molar-refractivity contribution in [1.29, 1.82) is 0 Å². The SMILES string of the molecule is CC(CCC(=O)O)NC(=O)c1cc(Cl)ccc1[N+](=O)[O-]. The molecular formula is C12H13ClN2O5. The topological polar surface area (TPSA) is 110 Å². The molecule has 1 aromatic carbocycles. The van der Waals surface area contributed by atoms with E-state index in [2.05, 4.69) is 5.32 Å². The second kappa shape index (κ2) is 6.85. The number of carboxylic acids is 1. The third kappa shape index (κ3) is 4.51. The van der Waals surface area contributed by atoms with Gasteiger partial charge in [-0.05, 0) is 25.5 Å². The van der Waals surface area contributed by atoms with Crippen LogP contribution in [0.5, 0.6) is 0 Å². The van der Waals surface area contributed by atoms with Crippen LogP contribution in [0.4, 0.5) is 5.69 Å². The molecule has 0 saturated carbocycles. The van der Waals surface area contributed by atoms with Crippen LogP contribution in [0.15, 0.2) is 18.2 Å². The minimum Gasteiger partial charge on any atom is -0.481 e. The summed E-state index contributed by atoms with van der Waals surface area (Å²) in [5.41, 5.74) is -0.498. The Balaban J connectivity index is 2.84. The highest BCUT2D eigenvalue weighted by atomic mass is 35.5. The van der Waals surface area contributed by atoms with Gasteiger partial charge in [-0.2, -0.15) is 0 Å². The van der Waals surface area contributed by atoms with Gasteiger partial charge in [0.25, 0.3) is 11.6 Å². The summed E-state index contributed by atoms with van der Waals surface area (Å²) in [5.74, 6) is -1.63. The molecule has 0 aromatic heterocycles. The van der Waals surface area contributed by atoms with Crippen LogP contribution in [0, 0.1) is 10.1 Å². The van der Waals surface area contributed by atoms with Gasteiger partial charge in [-0.3, -0.25) is 19.7 Å². The van der Waals surface area contributed by atoms with Gasteiger partial charge >= 0.3 is 5.97 Å². The lowest BCUT2D eigenvalue weighted by Crippen LogP contribution is -2.33. The van der Waals surface area contributed by atoms with Gasteiger partial charge in [0, 0.05) is 23.6 Å². The molecule has 0 aliphatic heterocycles. The predicted molar refractivity (Wildman–Crippen MR) is 71.9 cm³/mol. The Morgan fingerprint density at radius 1 is 1.50 bits per heavy atom. The molecule has 0 aliphatic rings. The summed E-state index contributed by atoms with van der Waals surface area (Å²) in [5, 5.41) is 22.1. The largest absolute Gasteiger partial charge is 0.481 e. The number of nitro benzene ring substituents is 1. The van der Waals surface area contributed by atoms with Gasteiger partial charge in [-0.1, -0.05) is 11.6 Å². The van der Waals surface area contributed by atoms with Gasteiger partial charge in [0.15, 0.2) is 0 Å². The zero-order valence-corrected chi connectivity index (χ0v) is 11.4. The molecule has 0 bridgehead atoms. The first kappa shape index (κ1) is 15.9. The van der Waals surface area contributed by atoms with Crippen LogP contribution in [0.2, 0.25) is 5.02 Å². The number of aliphatic carboxylic acids is 1. The first-order valence-corrected chi connectivity index (χ1v) is 6.15. The molecule has 108 valence electrons. The zero-order chi connectivity index (χ0) is 15.3. The van der Waals surface area contributed by atoms with Gasteiger partial charge in [-0.15, -0.1) is 0 Å². The maximum absolute atomic E-state index is 12.0. The van der Waals surface area contributed by atoms with E-state index in [1.165, 1.54) is 12.1 Å². The van der Waals surface area contributed by atoms with E-state index in [-0.39, 0.29) is 29.1 Å². The molecule has 1 amide bonds. The number of halogens is 1. The van der Waals surface area contributed by atoms with E-state index in [9.17, 15) is 19.7 Å². The van der Waals surface area contributed by atoms with Gasteiger partial charge in [0.2, 0.25) is 0 Å². The van der Waals surface area contributed by atoms with Crippen molar-refractivity contribution in [3.8, 4) is 0 Å². The van der Waals surface area contributed by atoms with Gasteiger partial charge in [-0.25, -0.2) is 0 Å². The summed E-state index contributed by atoms with van der Waals surface area (Å²) in [6.45, 7) is 1.62. The molecule has 0 radical (unpaired) electrons. The van der Waals surface area contributed by atoms with E-state index in [0.29, 0.717) is 0 Å². The number of hydrogen-bond acceptors (Lipinski definition) is 4. The molecule has 0 spiro atoms. The lowest BCUT2D eigenvalue weighted by Gasteiger charge is -2.12. The fraction of sp³-hybridized carbons (Fsp3) is 0.333. The molecule has 2 N–H and O–H groups in total. The quantitative estimate of drug-likeness (QED) is 0.618. The third-order valence-corrected chi connectivity index (χ3v) is 2.80. The average molecular weight is 301 g/mol. The number of carbonyl (C=O) groups excluding carboxylic acids is 1. The monoisotopic (exact) mass is 300 g/mol. The van der Waals surface area contributed by atoms with Crippen molar-refractivity contribution in [2.45, 2.75) is 25.8 Å². The maximum atomic E-state index is 12.0. The van der Waals surface area contributed by atoms with E-state index in [1.807, 2.05) is 0 Å². The summed E-state index contributed by atoms with van der Waals surface area (Å²) < 4.78 is 0. The number of carbonyl (C=O) groups is 2. The second-order valence-corrected chi connectivity index (χ2v) is 4.66. The zero-order valence-electron chi connectivity index (χ0n) is 10.6. The summed E-state index contributed by atoms with van der Waals surface area (Å²) in [6.07, 6.45) is 0.133. The standard InChI is InChI=1S/C12H13ClN2O5/c1-7(2-5-11(16)17)14-12(18)9-6-8(13)3-4-10(9)15(19)20/h3-4,6-7H,2,5H2,1H3,(H,14,18)(H,16,17). The number of carboxylic acid groups (broad SMARTS) is 1. The highest BCUT2D eigenvalue weighted by molar-refractivity contribution is 6.31. The molecule has 8 heteroatoms. The number of hydrogen-bond donors (Lipinski definition) is 2. The van der Waals surface area contributed by atoms with Crippen LogP contribution in [0.1, 0.15) is 30.1 Å². The normalized spacial score (nSPS) is 11.7. The first-order chi connectivity index (χ1) is 9.31. The average Bonchev–Trinajstić information content (AvgIpc) is 2.35. The Labute approximate surface area is 119 Å². The van der Waals surface area contributed by atoms with Gasteiger partial charge in [0.1, 0.15) is 5.56 Å². The summed E-state index contributed by atoms with van der Waals surface area (Å²) in [6, 6.07) is 3.26. The molecular weight excluding hydrogens is 288 g/mol. The third-order valence-electron chi connectivity index (χ3n) is 2.57. The number of benzene rings is 1. The predicted octanol–water partition coefficient (Wildman–Crippen LogP) is 2.23. The fourth-order valence-electron chi connectivity index (χ4n) is 1.56. The Bertz CT molecular complexity index is 547. The minimum atomic E-state index is -0.972. The molecule has 0 saturated heterocycles. The van der Waals surface area contributed by atoms with Gasteiger partial charge < -0.3 is 10.4 Å². The summed E-state index contributed by atoms with van der Waals surface area (Å²) >= 11 is 5.72. The lowest BCUT2D eigenvalue weighted by molar-refractivity contribution is -0.385. The van der Waals surface area contributed by atoms with E-state index >= 15 is 0 Å². The fourth-order valence-corrected chi connectivity index (χ4v) is 1.74. The van der Waals surface area contributed by atoms with Crippen molar-refractivity contribution >= 4 is 29.2 Å².